The van der Waals surface area contributed by atoms with Crippen molar-refractivity contribution in [3.63, 3.8) is 0 Å². The van der Waals surface area contributed by atoms with Crippen LogP contribution >= 0.6 is 0 Å². The van der Waals surface area contributed by atoms with Crippen molar-refractivity contribution in [2.45, 2.75) is 135 Å². The van der Waals surface area contributed by atoms with E-state index in [4.69, 9.17) is 23.7 Å². The molecule has 254 valence electrons. The van der Waals surface area contributed by atoms with E-state index in [0.29, 0.717) is 38.4 Å². The molecule has 0 aromatic heterocycles. The molecule has 1 aliphatic heterocycles. The van der Waals surface area contributed by atoms with Crippen molar-refractivity contribution in [2.75, 3.05) is 33.0 Å². The SMILES string of the molecule is CCCCOC[C@H]1O[C@@H](C(F)(F)c2ccccc2Cc2ccc(CC)cc2)[C@H](OCCCC)[C@@H](OCCCC)[C@@H]1OCCCC. The van der Waals surface area contributed by atoms with Crippen molar-refractivity contribution in [3.05, 3.63) is 70.8 Å². The van der Waals surface area contributed by atoms with Crippen LogP contribution in [-0.4, -0.2) is 63.6 Å². The molecular formula is C38H58F2O5. The van der Waals surface area contributed by atoms with Gasteiger partial charge in [0.15, 0.2) is 6.10 Å². The molecule has 3 rings (SSSR count). The van der Waals surface area contributed by atoms with Crippen molar-refractivity contribution >= 4 is 0 Å². The van der Waals surface area contributed by atoms with E-state index in [1.54, 1.807) is 12.1 Å². The molecule has 1 saturated heterocycles. The first-order valence-corrected chi connectivity index (χ1v) is 17.5. The van der Waals surface area contributed by atoms with Crippen LogP contribution in [-0.2, 0) is 42.4 Å². The van der Waals surface area contributed by atoms with E-state index < -0.39 is 36.4 Å². The highest BCUT2D eigenvalue weighted by molar-refractivity contribution is 5.37. The molecule has 1 fully saturated rings. The summed E-state index contributed by atoms with van der Waals surface area (Å²) in [4.78, 5) is 0. The molecule has 0 aliphatic carbocycles. The minimum absolute atomic E-state index is 0.0398. The number of halogens is 2. The third-order valence-corrected chi connectivity index (χ3v) is 8.54. The Bertz CT molecular complexity index is 1060. The summed E-state index contributed by atoms with van der Waals surface area (Å²) >= 11 is 0. The first kappa shape index (κ1) is 37.6. The summed E-state index contributed by atoms with van der Waals surface area (Å²) in [5.74, 6) is -3.36. The summed E-state index contributed by atoms with van der Waals surface area (Å²) in [6.07, 6.45) is 3.80. The predicted octanol–water partition coefficient (Wildman–Crippen LogP) is 9.07. The van der Waals surface area contributed by atoms with Gasteiger partial charge >= 0.3 is 5.92 Å². The first-order valence-electron chi connectivity index (χ1n) is 17.5. The van der Waals surface area contributed by atoms with Crippen LogP contribution in [0.4, 0.5) is 8.78 Å². The van der Waals surface area contributed by atoms with Gasteiger partial charge in [-0.25, -0.2) is 0 Å². The monoisotopic (exact) mass is 632 g/mol. The van der Waals surface area contributed by atoms with E-state index >= 15 is 8.78 Å². The number of ether oxygens (including phenoxy) is 5. The van der Waals surface area contributed by atoms with Gasteiger partial charge in [-0.05, 0) is 55.2 Å². The van der Waals surface area contributed by atoms with Crippen molar-refractivity contribution in [1.29, 1.82) is 0 Å². The van der Waals surface area contributed by atoms with Gasteiger partial charge in [0, 0.05) is 32.0 Å². The largest absolute Gasteiger partial charge is 0.379 e. The first-order chi connectivity index (χ1) is 21.9. The molecule has 2 aromatic rings. The predicted molar refractivity (Wildman–Crippen MR) is 177 cm³/mol. The molecule has 5 atom stereocenters. The Hall–Kier alpha value is -1.90. The Morgan fingerprint density at radius 3 is 1.78 bits per heavy atom. The van der Waals surface area contributed by atoms with Crippen molar-refractivity contribution in [3.8, 4) is 0 Å². The number of hydrogen-bond acceptors (Lipinski definition) is 5. The molecule has 0 bridgehead atoms. The Morgan fingerprint density at radius 1 is 0.644 bits per heavy atom. The maximum Gasteiger partial charge on any atom is 0.301 e. The topological polar surface area (TPSA) is 46.2 Å². The van der Waals surface area contributed by atoms with Crippen LogP contribution < -0.4 is 0 Å². The average Bonchev–Trinajstić information content (AvgIpc) is 3.05. The normalized spacial score (nSPS) is 22.2. The van der Waals surface area contributed by atoms with Crippen LogP contribution in [0.15, 0.2) is 48.5 Å². The minimum Gasteiger partial charge on any atom is -0.379 e. The molecule has 45 heavy (non-hydrogen) atoms. The fraction of sp³-hybridized carbons (Fsp3) is 0.684. The van der Waals surface area contributed by atoms with E-state index in [1.165, 1.54) is 11.6 Å². The van der Waals surface area contributed by atoms with Gasteiger partial charge in [-0.2, -0.15) is 8.78 Å². The number of rotatable bonds is 22. The molecule has 0 unspecified atom stereocenters. The maximum absolute atomic E-state index is 17.2. The lowest BCUT2D eigenvalue weighted by Crippen LogP contribution is -2.65. The molecule has 5 nitrogen and oxygen atoms in total. The zero-order valence-electron chi connectivity index (χ0n) is 28.4. The Balaban J connectivity index is 2.03. The van der Waals surface area contributed by atoms with E-state index in [2.05, 4.69) is 46.8 Å². The lowest BCUT2D eigenvalue weighted by atomic mass is 9.86. The van der Waals surface area contributed by atoms with Crippen LogP contribution in [0.2, 0.25) is 0 Å². The summed E-state index contributed by atoms with van der Waals surface area (Å²) < 4.78 is 66.0. The standard InChI is InChI=1S/C38H58F2O5/c1-6-11-23-41-28-33-34(42-24-12-7-2)35(43-25-13-8-3)36(44-26-14-9-4)37(45-33)38(39,40)32-18-16-15-17-31(32)27-30-21-19-29(10-5)20-22-30/h15-22,33-37H,6-14,23-28H2,1-5H3/t33-,34-,35+,36-,37-/m1/s1. The van der Waals surface area contributed by atoms with Crippen molar-refractivity contribution in [2.24, 2.45) is 0 Å². The molecule has 0 N–H and O–H groups in total. The second kappa shape index (κ2) is 20.4. The minimum atomic E-state index is -3.36. The van der Waals surface area contributed by atoms with E-state index in [-0.39, 0.29) is 12.2 Å². The number of aryl methyl sites for hydroxylation is 1. The van der Waals surface area contributed by atoms with Crippen LogP contribution in [0.25, 0.3) is 0 Å². The summed E-state index contributed by atoms with van der Waals surface area (Å²) in [7, 11) is 0. The van der Waals surface area contributed by atoms with Gasteiger partial charge in [0.1, 0.15) is 24.4 Å². The van der Waals surface area contributed by atoms with Gasteiger partial charge < -0.3 is 23.7 Å². The highest BCUT2D eigenvalue weighted by Crippen LogP contribution is 2.43. The number of alkyl halides is 2. The lowest BCUT2D eigenvalue weighted by Gasteiger charge is -2.48. The van der Waals surface area contributed by atoms with Gasteiger partial charge in [0.2, 0.25) is 0 Å². The fourth-order valence-electron chi connectivity index (χ4n) is 5.72. The number of benzene rings is 2. The van der Waals surface area contributed by atoms with Crippen molar-refractivity contribution in [1.82, 2.24) is 0 Å². The lowest BCUT2D eigenvalue weighted by molar-refractivity contribution is -0.308. The van der Waals surface area contributed by atoms with Crippen LogP contribution in [0, 0.1) is 0 Å². The smallest absolute Gasteiger partial charge is 0.301 e. The summed E-state index contributed by atoms with van der Waals surface area (Å²) in [6, 6.07) is 15.0. The van der Waals surface area contributed by atoms with Gasteiger partial charge in [-0.3, -0.25) is 0 Å². The van der Waals surface area contributed by atoms with Crippen LogP contribution in [0.1, 0.15) is 108 Å². The molecule has 0 saturated carbocycles. The molecule has 0 spiro atoms. The van der Waals surface area contributed by atoms with Crippen molar-refractivity contribution < 1.29 is 32.5 Å². The van der Waals surface area contributed by atoms with E-state index in [1.807, 2.05) is 18.2 Å². The average molecular weight is 633 g/mol. The van der Waals surface area contributed by atoms with Gasteiger partial charge in [0.25, 0.3) is 0 Å². The van der Waals surface area contributed by atoms with Crippen LogP contribution in [0.5, 0.6) is 0 Å². The zero-order chi connectivity index (χ0) is 32.5. The molecule has 1 aliphatic rings. The Morgan fingerprint density at radius 2 is 1.18 bits per heavy atom. The summed E-state index contributed by atoms with van der Waals surface area (Å²) in [5, 5.41) is 0. The van der Waals surface area contributed by atoms with E-state index in [9.17, 15) is 0 Å². The third-order valence-electron chi connectivity index (χ3n) is 8.54. The molecule has 7 heteroatoms. The maximum atomic E-state index is 17.2. The second-order valence-electron chi connectivity index (χ2n) is 12.2. The highest BCUT2D eigenvalue weighted by atomic mass is 19.3. The molecule has 1 heterocycles. The summed E-state index contributed by atoms with van der Waals surface area (Å²) in [5.41, 5.74) is 2.74. The Labute approximate surface area is 271 Å². The van der Waals surface area contributed by atoms with Gasteiger partial charge in [-0.1, -0.05) is 109 Å². The molecule has 0 radical (unpaired) electrons. The highest BCUT2D eigenvalue weighted by Gasteiger charge is 2.58. The number of hydrogen-bond donors (Lipinski definition) is 0. The number of unbranched alkanes of at least 4 members (excludes halogenated alkanes) is 4. The van der Waals surface area contributed by atoms with Gasteiger partial charge in [-0.15, -0.1) is 0 Å². The second-order valence-corrected chi connectivity index (χ2v) is 12.2. The fourth-order valence-corrected chi connectivity index (χ4v) is 5.72. The molecular weight excluding hydrogens is 574 g/mol. The van der Waals surface area contributed by atoms with E-state index in [0.717, 1.165) is 63.4 Å². The van der Waals surface area contributed by atoms with Gasteiger partial charge in [0.05, 0.1) is 6.61 Å². The molecule has 2 aromatic carbocycles. The zero-order valence-corrected chi connectivity index (χ0v) is 28.4. The summed E-state index contributed by atoms with van der Waals surface area (Å²) in [6.45, 7) is 12.4. The quantitative estimate of drug-likeness (QED) is 0.121. The third kappa shape index (κ3) is 11.1. The van der Waals surface area contributed by atoms with Crippen LogP contribution in [0.3, 0.4) is 0 Å². The Kier molecular flexibility index (Phi) is 17.0. The molecule has 0 amide bonds.